The van der Waals surface area contributed by atoms with Crippen LogP contribution in [0.5, 0.6) is 0 Å². The highest BCUT2D eigenvalue weighted by Gasteiger charge is 2.38. The number of aliphatic carboxylic acids is 1. The smallest absolute Gasteiger partial charge is 0.475 e. The molecular formula is C28H38F3N5O5S. The Morgan fingerprint density at radius 3 is 2.07 bits per heavy atom. The molecule has 0 spiro atoms. The molecule has 0 radical (unpaired) electrons. The predicted molar refractivity (Wildman–Crippen MR) is 154 cm³/mol. The van der Waals surface area contributed by atoms with Crippen LogP contribution < -0.4 is 14.9 Å². The molecule has 2 heterocycles. The van der Waals surface area contributed by atoms with Crippen LogP contribution in [0.1, 0.15) is 36.2 Å². The highest BCUT2D eigenvalue weighted by molar-refractivity contribution is 7.92. The fourth-order valence-corrected chi connectivity index (χ4v) is 5.77. The van der Waals surface area contributed by atoms with Gasteiger partial charge in [-0.05, 0) is 48.9 Å². The first kappa shape index (κ1) is 33.1. The average molecular weight is 614 g/mol. The minimum Gasteiger partial charge on any atom is -0.475 e. The maximum Gasteiger partial charge on any atom is 0.490 e. The SMILES string of the molecule is CCCc1ccc(S(=O)(=O)Nc2cc(C(=O)N3CCN(CC)CC3)ccc2N2CCNCC2)cc1.O=C(O)C(F)(F)F. The summed E-state index contributed by atoms with van der Waals surface area (Å²) in [7, 11) is -3.81. The number of hydrogen-bond donors (Lipinski definition) is 3. The van der Waals surface area contributed by atoms with Crippen LogP contribution in [0.2, 0.25) is 0 Å². The van der Waals surface area contributed by atoms with E-state index in [0.717, 1.165) is 69.9 Å². The number of piperazine rings is 2. The van der Waals surface area contributed by atoms with Gasteiger partial charge in [0.15, 0.2) is 0 Å². The van der Waals surface area contributed by atoms with Crippen molar-refractivity contribution < 1.29 is 36.3 Å². The Balaban J connectivity index is 0.000000616. The lowest BCUT2D eigenvalue weighted by Crippen LogP contribution is -2.48. The molecule has 14 heteroatoms. The number of carbonyl (C=O) groups is 2. The fourth-order valence-electron chi connectivity index (χ4n) is 4.71. The molecule has 0 unspecified atom stereocenters. The molecule has 0 atom stereocenters. The van der Waals surface area contributed by atoms with Crippen LogP contribution in [0.25, 0.3) is 0 Å². The van der Waals surface area contributed by atoms with Crippen molar-refractivity contribution in [1.82, 2.24) is 15.1 Å². The molecule has 0 saturated carbocycles. The molecule has 42 heavy (non-hydrogen) atoms. The Morgan fingerprint density at radius 1 is 0.952 bits per heavy atom. The minimum atomic E-state index is -5.08. The number of carboxylic acids is 1. The number of rotatable bonds is 8. The van der Waals surface area contributed by atoms with Crippen molar-refractivity contribution in [3.63, 3.8) is 0 Å². The molecule has 0 aromatic heterocycles. The number of nitrogens with zero attached hydrogens (tertiary/aromatic N) is 3. The summed E-state index contributed by atoms with van der Waals surface area (Å²) in [5.41, 5.74) is 2.86. The van der Waals surface area contributed by atoms with Gasteiger partial charge in [-0.15, -0.1) is 0 Å². The molecule has 232 valence electrons. The lowest BCUT2D eigenvalue weighted by atomic mass is 10.1. The molecule has 2 fully saturated rings. The largest absolute Gasteiger partial charge is 0.490 e. The van der Waals surface area contributed by atoms with E-state index >= 15 is 0 Å². The zero-order chi connectivity index (χ0) is 30.9. The van der Waals surface area contributed by atoms with Gasteiger partial charge >= 0.3 is 12.1 Å². The lowest BCUT2D eigenvalue weighted by Gasteiger charge is -2.34. The number of amides is 1. The van der Waals surface area contributed by atoms with Crippen LogP contribution in [0.4, 0.5) is 24.5 Å². The molecule has 2 aromatic carbocycles. The standard InChI is InChI=1S/C26H37N5O3S.C2HF3O2/c1-3-5-21-6-9-23(10-7-21)35(33,34)28-24-20-22(8-11-25(24)30-14-12-27-13-15-30)26(32)31-18-16-29(4-2)17-19-31;3-2(4,5)1(6)7/h6-11,20,27-28H,3-5,12-19H2,1-2H3;(H,6,7). The van der Waals surface area contributed by atoms with Gasteiger partial charge in [-0.3, -0.25) is 9.52 Å². The molecule has 0 bridgehead atoms. The van der Waals surface area contributed by atoms with Crippen molar-refractivity contribution in [2.24, 2.45) is 0 Å². The summed E-state index contributed by atoms with van der Waals surface area (Å²) in [6.45, 7) is 11.5. The summed E-state index contributed by atoms with van der Waals surface area (Å²) in [5, 5.41) is 10.5. The van der Waals surface area contributed by atoms with Gasteiger partial charge in [-0.25, -0.2) is 13.2 Å². The first-order chi connectivity index (χ1) is 19.9. The van der Waals surface area contributed by atoms with Gasteiger partial charge in [0.25, 0.3) is 15.9 Å². The Labute approximate surface area is 244 Å². The Bertz CT molecular complexity index is 1310. The van der Waals surface area contributed by atoms with Crippen LogP contribution in [-0.4, -0.2) is 100 Å². The van der Waals surface area contributed by atoms with E-state index in [2.05, 4.69) is 33.7 Å². The number of aryl methyl sites for hydroxylation is 1. The van der Waals surface area contributed by atoms with Crippen molar-refractivity contribution >= 4 is 33.3 Å². The quantitative estimate of drug-likeness (QED) is 0.415. The van der Waals surface area contributed by atoms with Gasteiger partial charge < -0.3 is 25.1 Å². The summed E-state index contributed by atoms with van der Waals surface area (Å²) >= 11 is 0. The number of halogens is 3. The summed E-state index contributed by atoms with van der Waals surface area (Å²) < 4.78 is 61.2. The number of benzene rings is 2. The van der Waals surface area contributed by atoms with Crippen molar-refractivity contribution in [2.75, 3.05) is 68.5 Å². The second kappa shape index (κ2) is 14.7. The number of carbonyl (C=O) groups excluding carboxylic acids is 1. The van der Waals surface area contributed by atoms with Crippen LogP contribution >= 0.6 is 0 Å². The number of sulfonamides is 1. The Hall–Kier alpha value is -3.36. The molecule has 3 N–H and O–H groups in total. The number of hydrogen-bond acceptors (Lipinski definition) is 7. The van der Waals surface area contributed by atoms with E-state index in [1.165, 1.54) is 0 Å². The third-order valence-electron chi connectivity index (χ3n) is 7.07. The van der Waals surface area contributed by atoms with Crippen LogP contribution in [0, 0.1) is 0 Å². The van der Waals surface area contributed by atoms with Gasteiger partial charge in [0.2, 0.25) is 0 Å². The van der Waals surface area contributed by atoms with Crippen LogP contribution in [0.3, 0.4) is 0 Å². The molecule has 4 rings (SSSR count). The zero-order valence-electron chi connectivity index (χ0n) is 23.8. The van der Waals surface area contributed by atoms with Crippen LogP contribution in [-0.2, 0) is 21.2 Å². The molecule has 1 amide bonds. The predicted octanol–water partition coefficient (Wildman–Crippen LogP) is 3.26. The minimum absolute atomic E-state index is 0.0584. The average Bonchev–Trinajstić information content (AvgIpc) is 2.97. The zero-order valence-corrected chi connectivity index (χ0v) is 24.6. The Kier molecular flexibility index (Phi) is 11.6. The van der Waals surface area contributed by atoms with Crippen molar-refractivity contribution in [3.05, 3.63) is 53.6 Å². The van der Waals surface area contributed by atoms with E-state index < -0.39 is 22.2 Å². The third kappa shape index (κ3) is 9.07. The summed E-state index contributed by atoms with van der Waals surface area (Å²) in [6.07, 6.45) is -3.16. The van der Waals surface area contributed by atoms with Crippen molar-refractivity contribution in [3.8, 4) is 0 Å². The number of carboxylic acid groups (broad SMARTS) is 1. The van der Waals surface area contributed by atoms with Crippen molar-refractivity contribution in [1.29, 1.82) is 0 Å². The van der Waals surface area contributed by atoms with E-state index in [9.17, 15) is 26.4 Å². The van der Waals surface area contributed by atoms with E-state index in [-0.39, 0.29) is 10.8 Å². The van der Waals surface area contributed by atoms with Crippen LogP contribution in [0.15, 0.2) is 47.4 Å². The Morgan fingerprint density at radius 2 is 1.55 bits per heavy atom. The maximum atomic E-state index is 13.3. The summed E-state index contributed by atoms with van der Waals surface area (Å²) in [6, 6.07) is 12.4. The van der Waals surface area contributed by atoms with Gasteiger partial charge in [0.1, 0.15) is 0 Å². The van der Waals surface area contributed by atoms with E-state index in [1.54, 1.807) is 18.2 Å². The van der Waals surface area contributed by atoms with E-state index in [4.69, 9.17) is 9.90 Å². The topological polar surface area (TPSA) is 122 Å². The highest BCUT2D eigenvalue weighted by atomic mass is 32.2. The number of likely N-dealkylation sites (N-methyl/N-ethyl adjacent to an activating group) is 1. The molecule has 0 aliphatic carbocycles. The number of nitrogens with one attached hydrogen (secondary N) is 2. The van der Waals surface area contributed by atoms with E-state index in [0.29, 0.717) is 24.3 Å². The molecule has 2 aliphatic rings. The fraction of sp³-hybridized carbons (Fsp3) is 0.500. The molecule has 2 saturated heterocycles. The third-order valence-corrected chi connectivity index (χ3v) is 8.45. The second-order valence-corrected chi connectivity index (χ2v) is 11.7. The normalized spacial score (nSPS) is 16.4. The summed E-state index contributed by atoms with van der Waals surface area (Å²) in [4.78, 5) is 28.7. The highest BCUT2D eigenvalue weighted by Crippen LogP contribution is 2.31. The number of alkyl halides is 3. The first-order valence-electron chi connectivity index (χ1n) is 13.9. The van der Waals surface area contributed by atoms with Crippen molar-refractivity contribution in [2.45, 2.75) is 37.8 Å². The molecule has 2 aromatic rings. The second-order valence-electron chi connectivity index (χ2n) is 10.00. The van der Waals surface area contributed by atoms with Gasteiger partial charge in [0, 0.05) is 57.9 Å². The van der Waals surface area contributed by atoms with E-state index in [1.807, 2.05) is 29.2 Å². The molecule has 10 nitrogen and oxygen atoms in total. The van der Waals surface area contributed by atoms with Gasteiger partial charge in [-0.1, -0.05) is 32.4 Å². The maximum absolute atomic E-state index is 13.3. The number of anilines is 2. The molecule has 2 aliphatic heterocycles. The van der Waals surface area contributed by atoms with Gasteiger partial charge in [0.05, 0.1) is 16.3 Å². The monoisotopic (exact) mass is 613 g/mol. The lowest BCUT2D eigenvalue weighted by molar-refractivity contribution is -0.192. The summed E-state index contributed by atoms with van der Waals surface area (Å²) in [5.74, 6) is -2.82. The molecular weight excluding hydrogens is 575 g/mol. The van der Waals surface area contributed by atoms with Gasteiger partial charge in [-0.2, -0.15) is 13.2 Å². The first-order valence-corrected chi connectivity index (χ1v) is 15.4.